The molecular formula is C21H20NO5P. The highest BCUT2D eigenvalue weighted by atomic mass is 31.2. The zero-order valence-corrected chi connectivity index (χ0v) is 16.1. The predicted octanol–water partition coefficient (Wildman–Crippen LogP) is 4.10. The second-order valence-corrected chi connectivity index (χ2v) is 7.78. The number of anilines is 1. The number of nitrogens with zero attached hydrogens (tertiary/aromatic N) is 1. The standard InChI is InChI=1S/C21H20NO5P/c1-22-18-13-7-5-11-16(18)20(17-12-6-8-14-19(17)22)21(27-28(23,24)25)26-15-9-3-2-4-10-15/h2-14,16,18H,1H3,(H2,23,24,25)/b21-20-. The molecule has 28 heavy (non-hydrogen) atoms. The molecule has 0 aromatic heterocycles. The van der Waals surface area contributed by atoms with Crippen LogP contribution in [0.15, 0.2) is 84.8 Å². The summed E-state index contributed by atoms with van der Waals surface area (Å²) < 4.78 is 22.7. The predicted molar refractivity (Wildman–Crippen MR) is 108 cm³/mol. The van der Waals surface area contributed by atoms with Gasteiger partial charge in [0.1, 0.15) is 5.75 Å². The number of rotatable bonds is 4. The number of likely N-dealkylation sites (N-methyl/N-ethyl adjacent to an activating group) is 1. The molecule has 0 saturated heterocycles. The molecule has 7 heteroatoms. The minimum Gasteiger partial charge on any atom is -0.426 e. The zero-order chi connectivity index (χ0) is 19.7. The van der Waals surface area contributed by atoms with Crippen LogP contribution in [0.2, 0.25) is 0 Å². The third kappa shape index (κ3) is 3.62. The zero-order valence-electron chi connectivity index (χ0n) is 15.2. The van der Waals surface area contributed by atoms with Crippen molar-refractivity contribution in [2.24, 2.45) is 5.92 Å². The lowest BCUT2D eigenvalue weighted by atomic mass is 9.79. The molecule has 1 heterocycles. The molecule has 2 aromatic rings. The number of benzene rings is 2. The van der Waals surface area contributed by atoms with Gasteiger partial charge in [-0.25, -0.2) is 4.57 Å². The summed E-state index contributed by atoms with van der Waals surface area (Å²) in [5.74, 6) is 0.0620. The highest BCUT2D eigenvalue weighted by Crippen LogP contribution is 2.48. The molecule has 2 aliphatic rings. The van der Waals surface area contributed by atoms with Gasteiger partial charge in [-0.3, -0.25) is 9.79 Å². The average Bonchev–Trinajstić information content (AvgIpc) is 2.68. The minimum atomic E-state index is -4.84. The molecular weight excluding hydrogens is 377 g/mol. The van der Waals surface area contributed by atoms with Crippen LogP contribution in [0.25, 0.3) is 5.57 Å². The molecule has 0 fully saturated rings. The maximum atomic E-state index is 11.7. The van der Waals surface area contributed by atoms with Crippen LogP contribution >= 0.6 is 7.82 Å². The monoisotopic (exact) mass is 397 g/mol. The van der Waals surface area contributed by atoms with Gasteiger partial charge >= 0.3 is 7.82 Å². The minimum absolute atomic E-state index is 0.0235. The van der Waals surface area contributed by atoms with Crippen LogP contribution in [0.5, 0.6) is 5.75 Å². The van der Waals surface area contributed by atoms with Crippen LogP contribution in [0.3, 0.4) is 0 Å². The van der Waals surface area contributed by atoms with Crippen LogP contribution in [-0.4, -0.2) is 22.9 Å². The Balaban J connectivity index is 1.93. The Morgan fingerprint density at radius 2 is 1.68 bits per heavy atom. The highest BCUT2D eigenvalue weighted by Gasteiger charge is 2.38. The summed E-state index contributed by atoms with van der Waals surface area (Å²) in [6.07, 6.45) is 7.92. The van der Waals surface area contributed by atoms with Gasteiger partial charge in [-0.2, -0.15) is 0 Å². The first-order valence-corrected chi connectivity index (χ1v) is 10.4. The lowest BCUT2D eigenvalue weighted by molar-refractivity contribution is 0.165. The van der Waals surface area contributed by atoms with Crippen molar-refractivity contribution in [1.29, 1.82) is 0 Å². The van der Waals surface area contributed by atoms with E-state index in [4.69, 9.17) is 9.26 Å². The lowest BCUT2D eigenvalue weighted by Gasteiger charge is -2.41. The first-order valence-electron chi connectivity index (χ1n) is 8.83. The Morgan fingerprint density at radius 3 is 2.43 bits per heavy atom. The van der Waals surface area contributed by atoms with Gasteiger partial charge in [0.05, 0.1) is 11.6 Å². The molecule has 144 valence electrons. The van der Waals surface area contributed by atoms with Crippen molar-refractivity contribution < 1.29 is 23.6 Å². The summed E-state index contributed by atoms with van der Waals surface area (Å²) in [6, 6.07) is 16.5. The number of fused-ring (bicyclic) bond motifs is 2. The maximum Gasteiger partial charge on any atom is 0.527 e. The van der Waals surface area contributed by atoms with Crippen molar-refractivity contribution in [2.45, 2.75) is 6.04 Å². The summed E-state index contributed by atoms with van der Waals surface area (Å²) >= 11 is 0. The molecule has 2 N–H and O–H groups in total. The molecule has 0 saturated carbocycles. The van der Waals surface area contributed by atoms with E-state index in [2.05, 4.69) is 11.0 Å². The van der Waals surface area contributed by atoms with Crippen molar-refractivity contribution >= 4 is 19.1 Å². The quantitative estimate of drug-likeness (QED) is 0.597. The van der Waals surface area contributed by atoms with Crippen molar-refractivity contribution in [2.75, 3.05) is 11.9 Å². The SMILES string of the molecule is CN1c2ccccc2/C(=C(/Oc2ccccc2)OP(=O)(O)O)C2C=CC=CC21. The molecule has 2 unspecified atom stereocenters. The fraction of sp³-hybridized carbons (Fsp3) is 0.143. The van der Waals surface area contributed by atoms with Crippen LogP contribution in [-0.2, 0) is 9.09 Å². The molecule has 0 spiro atoms. The molecule has 1 aliphatic carbocycles. The first-order chi connectivity index (χ1) is 13.4. The molecule has 1 aliphatic heterocycles. The number of para-hydroxylation sites is 2. The van der Waals surface area contributed by atoms with Gasteiger partial charge in [0.25, 0.3) is 5.95 Å². The third-order valence-electron chi connectivity index (χ3n) is 4.84. The van der Waals surface area contributed by atoms with E-state index in [1.54, 1.807) is 24.3 Å². The summed E-state index contributed by atoms with van der Waals surface area (Å²) in [5.41, 5.74) is 2.35. The Morgan fingerprint density at radius 1 is 1.00 bits per heavy atom. The topological polar surface area (TPSA) is 79.2 Å². The number of ether oxygens (including phenoxy) is 1. The van der Waals surface area contributed by atoms with Crippen LogP contribution in [0.4, 0.5) is 5.69 Å². The number of allylic oxidation sites excluding steroid dienone is 2. The van der Waals surface area contributed by atoms with E-state index in [0.29, 0.717) is 11.3 Å². The number of hydrogen-bond donors (Lipinski definition) is 2. The molecule has 6 nitrogen and oxygen atoms in total. The number of phosphoric acid groups is 1. The second-order valence-electron chi connectivity index (χ2n) is 6.61. The van der Waals surface area contributed by atoms with Crippen molar-refractivity contribution in [3.05, 3.63) is 90.4 Å². The highest BCUT2D eigenvalue weighted by molar-refractivity contribution is 7.46. The summed E-state index contributed by atoms with van der Waals surface area (Å²) in [7, 11) is -2.84. The largest absolute Gasteiger partial charge is 0.527 e. The molecule has 0 bridgehead atoms. The molecule has 2 aromatic carbocycles. The number of hydrogen-bond acceptors (Lipinski definition) is 4. The smallest absolute Gasteiger partial charge is 0.426 e. The Kier molecular flexibility index (Phi) is 4.85. The van der Waals surface area contributed by atoms with Gasteiger partial charge in [0.15, 0.2) is 0 Å². The number of phosphoric ester groups is 1. The molecule has 4 rings (SSSR count). The van der Waals surface area contributed by atoms with Gasteiger partial charge in [-0.15, -0.1) is 0 Å². The van der Waals surface area contributed by atoms with E-state index in [-0.39, 0.29) is 17.9 Å². The van der Waals surface area contributed by atoms with E-state index < -0.39 is 7.82 Å². The first kappa shape index (κ1) is 18.6. The van der Waals surface area contributed by atoms with Crippen LogP contribution in [0, 0.1) is 5.92 Å². The van der Waals surface area contributed by atoms with Crippen LogP contribution in [0.1, 0.15) is 5.56 Å². The van der Waals surface area contributed by atoms with Gasteiger partial charge < -0.3 is 14.2 Å². The van der Waals surface area contributed by atoms with Crippen molar-refractivity contribution in [1.82, 2.24) is 0 Å². The summed E-state index contributed by atoms with van der Waals surface area (Å²) in [4.78, 5) is 21.2. The lowest BCUT2D eigenvalue weighted by Crippen LogP contribution is -2.41. The van der Waals surface area contributed by atoms with E-state index >= 15 is 0 Å². The van der Waals surface area contributed by atoms with Crippen molar-refractivity contribution in [3.63, 3.8) is 0 Å². The average molecular weight is 397 g/mol. The van der Waals surface area contributed by atoms with Gasteiger partial charge in [0, 0.05) is 24.2 Å². The fourth-order valence-corrected chi connectivity index (χ4v) is 4.01. The Hall–Kier alpha value is -2.79. The van der Waals surface area contributed by atoms with Gasteiger partial charge in [-0.1, -0.05) is 60.7 Å². The van der Waals surface area contributed by atoms with E-state index in [1.165, 1.54) is 0 Å². The van der Waals surface area contributed by atoms with Crippen molar-refractivity contribution in [3.8, 4) is 5.75 Å². The van der Waals surface area contributed by atoms with E-state index in [1.807, 2.05) is 55.6 Å². The normalized spacial score (nSPS) is 22.3. The Bertz CT molecular complexity index is 1010. The third-order valence-corrected chi connectivity index (χ3v) is 5.24. The van der Waals surface area contributed by atoms with Gasteiger partial charge in [-0.05, 0) is 18.2 Å². The maximum absolute atomic E-state index is 11.7. The second kappa shape index (κ2) is 7.32. The van der Waals surface area contributed by atoms with E-state index in [0.717, 1.165) is 11.3 Å². The molecule has 0 radical (unpaired) electrons. The van der Waals surface area contributed by atoms with Gasteiger partial charge in [0.2, 0.25) is 0 Å². The fourth-order valence-electron chi connectivity index (χ4n) is 3.65. The van der Waals surface area contributed by atoms with E-state index in [9.17, 15) is 14.4 Å². The molecule has 2 atom stereocenters. The summed E-state index contributed by atoms with van der Waals surface area (Å²) in [6.45, 7) is 0. The Labute approximate surface area is 163 Å². The van der Waals surface area contributed by atoms with Crippen LogP contribution < -0.4 is 9.64 Å². The molecule has 0 amide bonds. The summed E-state index contributed by atoms with van der Waals surface area (Å²) in [5, 5.41) is 0.